The molecule has 0 bridgehead atoms. The van der Waals surface area contributed by atoms with Gasteiger partial charge in [-0.1, -0.05) is 12.1 Å². The highest BCUT2D eigenvalue weighted by molar-refractivity contribution is 7.98. The van der Waals surface area contributed by atoms with E-state index in [1.54, 1.807) is 6.07 Å². The lowest BCUT2D eigenvalue weighted by Gasteiger charge is -2.07. The van der Waals surface area contributed by atoms with Crippen molar-refractivity contribution < 1.29 is 14.7 Å². The predicted molar refractivity (Wildman–Crippen MR) is 92.3 cm³/mol. The smallest absolute Gasteiger partial charge is 0.304 e. The first-order chi connectivity index (χ1) is 11.5. The third-order valence-electron chi connectivity index (χ3n) is 3.11. The molecule has 0 fully saturated rings. The number of carboxylic acid groups (broad SMARTS) is 1. The van der Waals surface area contributed by atoms with Crippen molar-refractivity contribution in [2.75, 3.05) is 11.1 Å². The molecule has 24 heavy (non-hydrogen) atoms. The molecule has 0 saturated carbocycles. The van der Waals surface area contributed by atoms with Crippen LogP contribution < -0.4 is 10.9 Å². The number of benzene rings is 1. The van der Waals surface area contributed by atoms with E-state index in [2.05, 4.69) is 10.4 Å². The van der Waals surface area contributed by atoms with E-state index in [9.17, 15) is 14.4 Å². The highest BCUT2D eigenvalue weighted by Crippen LogP contribution is 2.17. The lowest BCUT2D eigenvalue weighted by molar-refractivity contribution is -0.136. The van der Waals surface area contributed by atoms with Gasteiger partial charge in [0, 0.05) is 30.3 Å². The Balaban J connectivity index is 1.98. The van der Waals surface area contributed by atoms with Gasteiger partial charge in [0.15, 0.2) is 0 Å². The van der Waals surface area contributed by atoms with Gasteiger partial charge in [0.1, 0.15) is 5.69 Å². The molecule has 1 aromatic heterocycles. The van der Waals surface area contributed by atoms with Crippen LogP contribution in [0, 0.1) is 0 Å². The second-order valence-corrected chi connectivity index (χ2v) is 6.14. The van der Waals surface area contributed by atoms with E-state index >= 15 is 0 Å². The Morgan fingerprint density at radius 2 is 2.08 bits per heavy atom. The first kappa shape index (κ1) is 17.7. The number of aryl methyl sites for hydroxylation is 1. The summed E-state index contributed by atoms with van der Waals surface area (Å²) in [6.45, 7) is 0. The Kier molecular flexibility index (Phi) is 6.14. The molecule has 2 N–H and O–H groups in total. The number of nitrogens with one attached hydrogen (secondary N) is 1. The van der Waals surface area contributed by atoms with E-state index < -0.39 is 11.9 Å². The maximum Gasteiger partial charge on any atom is 0.304 e. The molecular weight excluding hydrogens is 330 g/mol. The van der Waals surface area contributed by atoms with Gasteiger partial charge in [0.2, 0.25) is 0 Å². The number of hydrogen-bond acceptors (Lipinski definition) is 5. The molecule has 1 aromatic carbocycles. The van der Waals surface area contributed by atoms with Crippen LogP contribution in [-0.2, 0) is 17.6 Å². The fraction of sp³-hybridized carbons (Fsp3) is 0.250. The highest BCUT2D eigenvalue weighted by atomic mass is 32.2. The summed E-state index contributed by atoms with van der Waals surface area (Å²) in [5.41, 5.74) is 1.47. The molecule has 7 nitrogen and oxygen atoms in total. The SMILES string of the molecule is Cn1nc(C(=O)Nc2cccc(CSCCC(=O)O)c2)ccc1=O. The monoisotopic (exact) mass is 347 g/mol. The van der Waals surface area contributed by atoms with Gasteiger partial charge in [-0.15, -0.1) is 0 Å². The minimum atomic E-state index is -0.812. The van der Waals surface area contributed by atoms with Crippen molar-refractivity contribution in [3.05, 3.63) is 58.0 Å². The number of carbonyl (C=O) groups is 2. The fourth-order valence-corrected chi connectivity index (χ4v) is 2.79. The number of carbonyl (C=O) groups excluding carboxylic acids is 1. The van der Waals surface area contributed by atoms with Crippen LogP contribution >= 0.6 is 11.8 Å². The van der Waals surface area contributed by atoms with Crippen molar-refractivity contribution in [1.82, 2.24) is 9.78 Å². The Morgan fingerprint density at radius 3 is 2.79 bits per heavy atom. The van der Waals surface area contributed by atoms with Gasteiger partial charge in [-0.2, -0.15) is 16.9 Å². The van der Waals surface area contributed by atoms with Gasteiger partial charge in [-0.05, 0) is 23.8 Å². The summed E-state index contributed by atoms with van der Waals surface area (Å²) in [5, 5.41) is 15.2. The fourth-order valence-electron chi connectivity index (χ4n) is 1.91. The van der Waals surface area contributed by atoms with Crippen molar-refractivity contribution in [2.45, 2.75) is 12.2 Å². The Hall–Kier alpha value is -2.61. The highest BCUT2D eigenvalue weighted by Gasteiger charge is 2.09. The lowest BCUT2D eigenvalue weighted by atomic mass is 10.2. The zero-order valence-electron chi connectivity index (χ0n) is 13.1. The van der Waals surface area contributed by atoms with Crippen LogP contribution in [0.15, 0.2) is 41.2 Å². The van der Waals surface area contributed by atoms with Crippen LogP contribution in [0.5, 0.6) is 0 Å². The average Bonchev–Trinajstić information content (AvgIpc) is 2.54. The molecule has 0 unspecified atom stereocenters. The van der Waals surface area contributed by atoms with E-state index in [0.717, 1.165) is 10.2 Å². The molecule has 2 aromatic rings. The van der Waals surface area contributed by atoms with E-state index in [1.165, 1.54) is 30.9 Å². The first-order valence-corrected chi connectivity index (χ1v) is 8.35. The summed E-state index contributed by atoms with van der Waals surface area (Å²) in [6, 6.07) is 9.98. The van der Waals surface area contributed by atoms with Gasteiger partial charge in [0.25, 0.3) is 11.5 Å². The molecule has 1 heterocycles. The van der Waals surface area contributed by atoms with Crippen molar-refractivity contribution in [3.8, 4) is 0 Å². The summed E-state index contributed by atoms with van der Waals surface area (Å²) in [6.07, 6.45) is 0.124. The average molecular weight is 347 g/mol. The normalized spacial score (nSPS) is 10.4. The van der Waals surface area contributed by atoms with Crippen molar-refractivity contribution in [2.24, 2.45) is 7.05 Å². The van der Waals surface area contributed by atoms with Crippen LogP contribution in [-0.4, -0.2) is 32.5 Å². The van der Waals surface area contributed by atoms with Crippen LogP contribution in [0.25, 0.3) is 0 Å². The number of thioether (sulfide) groups is 1. The zero-order valence-corrected chi connectivity index (χ0v) is 13.9. The Bertz CT molecular complexity index is 804. The van der Waals surface area contributed by atoms with Gasteiger partial charge in [-0.25, -0.2) is 4.68 Å². The van der Waals surface area contributed by atoms with Crippen LogP contribution in [0.1, 0.15) is 22.5 Å². The number of carboxylic acids is 1. The van der Waals surface area contributed by atoms with Gasteiger partial charge < -0.3 is 10.4 Å². The van der Waals surface area contributed by atoms with Crippen molar-refractivity contribution in [1.29, 1.82) is 0 Å². The molecular formula is C16H17N3O4S. The number of nitrogens with zero attached hydrogens (tertiary/aromatic N) is 2. The summed E-state index contributed by atoms with van der Waals surface area (Å²) in [5.74, 6) is -0.0160. The molecule has 0 saturated heterocycles. The summed E-state index contributed by atoms with van der Waals surface area (Å²) in [4.78, 5) is 33.9. The summed E-state index contributed by atoms with van der Waals surface area (Å²) in [7, 11) is 1.48. The Morgan fingerprint density at radius 1 is 1.29 bits per heavy atom. The minimum absolute atomic E-state index is 0.124. The molecule has 0 aliphatic rings. The summed E-state index contributed by atoms with van der Waals surface area (Å²) < 4.78 is 1.10. The van der Waals surface area contributed by atoms with Gasteiger partial charge >= 0.3 is 5.97 Å². The zero-order chi connectivity index (χ0) is 17.5. The predicted octanol–water partition coefficient (Wildman–Crippen LogP) is 1.74. The molecule has 126 valence electrons. The van der Waals surface area contributed by atoms with Crippen LogP contribution in [0.4, 0.5) is 5.69 Å². The standard InChI is InChI=1S/C16H17N3O4S/c1-19-14(20)6-5-13(18-19)16(23)17-12-4-2-3-11(9-12)10-24-8-7-15(21)22/h2-6,9H,7-8,10H2,1H3,(H,17,23)(H,21,22). The first-order valence-electron chi connectivity index (χ1n) is 7.20. The molecule has 8 heteroatoms. The topological polar surface area (TPSA) is 101 Å². The maximum atomic E-state index is 12.2. The number of anilines is 1. The molecule has 0 radical (unpaired) electrons. The molecule has 0 aliphatic heterocycles. The Labute approximate surface area is 142 Å². The number of amides is 1. The largest absolute Gasteiger partial charge is 0.481 e. The maximum absolute atomic E-state index is 12.2. The molecule has 2 rings (SSSR count). The minimum Gasteiger partial charge on any atom is -0.481 e. The number of aromatic nitrogens is 2. The van der Waals surface area contributed by atoms with Crippen LogP contribution in [0.2, 0.25) is 0 Å². The summed E-state index contributed by atoms with van der Waals surface area (Å²) >= 11 is 1.52. The second kappa shape index (κ2) is 8.30. The van der Waals surface area contributed by atoms with Crippen molar-refractivity contribution in [3.63, 3.8) is 0 Å². The van der Waals surface area contributed by atoms with E-state index in [4.69, 9.17) is 5.11 Å². The van der Waals surface area contributed by atoms with Crippen LogP contribution in [0.3, 0.4) is 0 Å². The third-order valence-corrected chi connectivity index (χ3v) is 4.14. The quantitative estimate of drug-likeness (QED) is 0.740. The van der Waals surface area contributed by atoms with E-state index in [0.29, 0.717) is 17.2 Å². The lowest BCUT2D eigenvalue weighted by Crippen LogP contribution is -2.23. The van der Waals surface area contributed by atoms with E-state index in [-0.39, 0.29) is 17.7 Å². The molecule has 0 atom stereocenters. The molecule has 1 amide bonds. The second-order valence-electron chi connectivity index (χ2n) is 5.03. The van der Waals surface area contributed by atoms with E-state index in [1.807, 2.05) is 18.2 Å². The van der Waals surface area contributed by atoms with Gasteiger partial charge in [-0.3, -0.25) is 14.4 Å². The number of rotatable bonds is 7. The number of aliphatic carboxylic acids is 1. The van der Waals surface area contributed by atoms with Crippen molar-refractivity contribution >= 4 is 29.3 Å². The number of hydrogen-bond donors (Lipinski definition) is 2. The molecule has 0 spiro atoms. The third kappa shape index (κ3) is 5.24. The van der Waals surface area contributed by atoms with Gasteiger partial charge in [0.05, 0.1) is 6.42 Å². The molecule has 0 aliphatic carbocycles.